The Morgan fingerprint density at radius 1 is 1.16 bits per heavy atom. The van der Waals surface area contributed by atoms with Crippen LogP contribution in [0.5, 0.6) is 0 Å². The van der Waals surface area contributed by atoms with E-state index in [1.807, 2.05) is 38.1 Å². The molecule has 0 unspecified atom stereocenters. The fourth-order valence-electron chi connectivity index (χ4n) is 3.45. The Hall–Kier alpha value is -1.91. The zero-order chi connectivity index (χ0) is 17.8. The van der Waals surface area contributed by atoms with Crippen LogP contribution in [0.15, 0.2) is 36.4 Å². The Bertz CT molecular complexity index is 719. The lowest BCUT2D eigenvalue weighted by molar-refractivity contribution is 0.0937. The topological polar surface area (TPSA) is 45.2 Å². The minimum atomic E-state index is -0.0493. The van der Waals surface area contributed by atoms with Gasteiger partial charge in [-0.3, -0.25) is 14.7 Å². The van der Waals surface area contributed by atoms with Crippen LogP contribution in [0.2, 0.25) is 5.02 Å². The minimum Gasteiger partial charge on any atom is -0.350 e. The fraction of sp³-hybridized carbons (Fsp3) is 0.400. The molecule has 0 radical (unpaired) electrons. The predicted molar refractivity (Wildman–Crippen MR) is 101 cm³/mol. The summed E-state index contributed by atoms with van der Waals surface area (Å²) < 4.78 is 0. The number of halogens is 1. The molecule has 3 rings (SSSR count). The standard InChI is InChI=1S/C20H24ClN3O/c1-14-11-17(12-15(2)23-14)20(25)22-13-19(24-9-3-4-10-24)16-5-7-18(21)8-6-16/h5-8,11-12,19H,3-4,9-10,13H2,1-2H3,(H,22,25)/t19-/m1/s1. The van der Waals surface area contributed by atoms with E-state index >= 15 is 0 Å². The third-order valence-electron chi connectivity index (χ3n) is 4.64. The van der Waals surface area contributed by atoms with Gasteiger partial charge in [0.05, 0.1) is 6.04 Å². The maximum Gasteiger partial charge on any atom is 0.251 e. The van der Waals surface area contributed by atoms with Crippen LogP contribution in [-0.2, 0) is 0 Å². The first-order valence-corrected chi connectivity index (χ1v) is 9.14. The van der Waals surface area contributed by atoms with E-state index in [0.717, 1.165) is 29.5 Å². The fourth-order valence-corrected chi connectivity index (χ4v) is 3.58. The number of carbonyl (C=O) groups excluding carboxylic acids is 1. The van der Waals surface area contributed by atoms with E-state index in [9.17, 15) is 4.79 Å². The molecule has 25 heavy (non-hydrogen) atoms. The Morgan fingerprint density at radius 2 is 1.76 bits per heavy atom. The molecule has 0 bridgehead atoms. The van der Waals surface area contributed by atoms with Crippen LogP contribution in [0.3, 0.4) is 0 Å². The van der Waals surface area contributed by atoms with Gasteiger partial charge in [0.15, 0.2) is 0 Å². The number of hydrogen-bond acceptors (Lipinski definition) is 3. The Labute approximate surface area is 154 Å². The van der Waals surface area contributed by atoms with Crippen LogP contribution >= 0.6 is 11.6 Å². The number of nitrogens with zero attached hydrogens (tertiary/aromatic N) is 2. The molecule has 2 heterocycles. The van der Waals surface area contributed by atoms with E-state index in [1.54, 1.807) is 0 Å². The van der Waals surface area contributed by atoms with Gasteiger partial charge in [0.25, 0.3) is 5.91 Å². The van der Waals surface area contributed by atoms with Crippen molar-refractivity contribution in [3.05, 3.63) is 63.9 Å². The molecule has 1 N–H and O–H groups in total. The second-order valence-electron chi connectivity index (χ2n) is 6.66. The number of nitrogens with one attached hydrogen (secondary N) is 1. The number of benzene rings is 1. The largest absolute Gasteiger partial charge is 0.350 e. The van der Waals surface area contributed by atoms with Gasteiger partial charge in [-0.15, -0.1) is 0 Å². The molecule has 1 aromatic heterocycles. The molecule has 0 aliphatic carbocycles. The molecule has 5 heteroatoms. The number of rotatable bonds is 5. The molecule has 1 atom stereocenters. The van der Waals surface area contributed by atoms with Gasteiger partial charge >= 0.3 is 0 Å². The number of likely N-dealkylation sites (tertiary alicyclic amines) is 1. The summed E-state index contributed by atoms with van der Waals surface area (Å²) in [6.07, 6.45) is 2.42. The lowest BCUT2D eigenvalue weighted by Gasteiger charge is -2.28. The first kappa shape index (κ1) is 17.9. The van der Waals surface area contributed by atoms with Crippen LogP contribution < -0.4 is 5.32 Å². The average Bonchev–Trinajstić information content (AvgIpc) is 3.10. The summed E-state index contributed by atoms with van der Waals surface area (Å²) in [6.45, 7) is 6.53. The highest BCUT2D eigenvalue weighted by Crippen LogP contribution is 2.25. The van der Waals surface area contributed by atoms with Crippen LogP contribution in [0.25, 0.3) is 0 Å². The summed E-state index contributed by atoms with van der Waals surface area (Å²) in [5.74, 6) is -0.0493. The van der Waals surface area contributed by atoms with Crippen molar-refractivity contribution in [2.24, 2.45) is 0 Å². The predicted octanol–water partition coefficient (Wildman–Crippen LogP) is 3.92. The first-order valence-electron chi connectivity index (χ1n) is 8.76. The molecular weight excluding hydrogens is 334 g/mol. The molecule has 0 saturated carbocycles. The van der Waals surface area contributed by atoms with E-state index in [0.29, 0.717) is 12.1 Å². The van der Waals surface area contributed by atoms with Crippen molar-refractivity contribution in [1.82, 2.24) is 15.2 Å². The summed E-state index contributed by atoms with van der Waals surface area (Å²) in [6, 6.07) is 11.8. The Kier molecular flexibility index (Phi) is 5.71. The lowest BCUT2D eigenvalue weighted by atomic mass is 10.1. The lowest BCUT2D eigenvalue weighted by Crippen LogP contribution is -2.36. The van der Waals surface area contributed by atoms with Crippen LogP contribution in [-0.4, -0.2) is 35.4 Å². The quantitative estimate of drug-likeness (QED) is 0.882. The molecule has 4 nitrogen and oxygen atoms in total. The van der Waals surface area contributed by atoms with Gasteiger partial charge in [-0.25, -0.2) is 0 Å². The Morgan fingerprint density at radius 3 is 2.36 bits per heavy atom. The number of amides is 1. The number of hydrogen-bond donors (Lipinski definition) is 1. The van der Waals surface area contributed by atoms with Crippen LogP contribution in [0, 0.1) is 13.8 Å². The van der Waals surface area contributed by atoms with Crippen LogP contribution in [0.1, 0.15) is 46.2 Å². The van der Waals surface area contributed by atoms with E-state index in [1.165, 1.54) is 18.4 Å². The summed E-state index contributed by atoms with van der Waals surface area (Å²) in [5, 5.41) is 3.83. The van der Waals surface area contributed by atoms with Crippen LogP contribution in [0.4, 0.5) is 0 Å². The van der Waals surface area contributed by atoms with Crippen molar-refractivity contribution >= 4 is 17.5 Å². The number of carbonyl (C=O) groups is 1. The molecular formula is C20H24ClN3O. The van der Waals surface area contributed by atoms with Gasteiger partial charge in [0.2, 0.25) is 0 Å². The van der Waals surface area contributed by atoms with E-state index < -0.39 is 0 Å². The van der Waals surface area contributed by atoms with E-state index in [2.05, 4.69) is 27.3 Å². The number of aromatic nitrogens is 1. The molecule has 0 spiro atoms. The van der Waals surface area contributed by atoms with Crippen molar-refractivity contribution in [3.63, 3.8) is 0 Å². The highest BCUT2D eigenvalue weighted by molar-refractivity contribution is 6.30. The third-order valence-corrected chi connectivity index (χ3v) is 4.89. The normalized spacial score (nSPS) is 16.0. The van der Waals surface area contributed by atoms with Gasteiger partial charge in [0, 0.05) is 28.5 Å². The van der Waals surface area contributed by atoms with Crippen molar-refractivity contribution in [2.75, 3.05) is 19.6 Å². The van der Waals surface area contributed by atoms with Gasteiger partial charge in [-0.2, -0.15) is 0 Å². The van der Waals surface area contributed by atoms with Gasteiger partial charge in [0.1, 0.15) is 0 Å². The molecule has 1 fully saturated rings. The number of aryl methyl sites for hydroxylation is 2. The molecule has 1 saturated heterocycles. The maximum absolute atomic E-state index is 12.6. The zero-order valence-electron chi connectivity index (χ0n) is 14.8. The van der Waals surface area contributed by atoms with Crippen molar-refractivity contribution in [1.29, 1.82) is 0 Å². The highest BCUT2D eigenvalue weighted by Gasteiger charge is 2.24. The van der Waals surface area contributed by atoms with E-state index in [4.69, 9.17) is 11.6 Å². The zero-order valence-corrected chi connectivity index (χ0v) is 15.5. The first-order chi connectivity index (χ1) is 12.0. The maximum atomic E-state index is 12.6. The summed E-state index contributed by atoms with van der Waals surface area (Å²) in [4.78, 5) is 19.3. The molecule has 1 aliphatic heterocycles. The second-order valence-corrected chi connectivity index (χ2v) is 7.10. The molecule has 1 amide bonds. The van der Waals surface area contributed by atoms with Crippen molar-refractivity contribution in [3.8, 4) is 0 Å². The van der Waals surface area contributed by atoms with Gasteiger partial charge in [-0.1, -0.05) is 23.7 Å². The van der Waals surface area contributed by atoms with Gasteiger partial charge < -0.3 is 5.32 Å². The SMILES string of the molecule is Cc1cc(C(=O)NC[C@H](c2ccc(Cl)cc2)N2CCCC2)cc(C)n1. The molecule has 1 aliphatic rings. The Balaban J connectivity index is 1.73. The minimum absolute atomic E-state index is 0.0493. The number of pyridine rings is 1. The molecule has 1 aromatic carbocycles. The van der Waals surface area contributed by atoms with Gasteiger partial charge in [-0.05, 0) is 69.6 Å². The summed E-state index contributed by atoms with van der Waals surface area (Å²) >= 11 is 6.02. The third kappa shape index (κ3) is 4.59. The highest BCUT2D eigenvalue weighted by atomic mass is 35.5. The van der Waals surface area contributed by atoms with Crippen molar-refractivity contribution < 1.29 is 4.79 Å². The second kappa shape index (κ2) is 7.98. The van der Waals surface area contributed by atoms with E-state index in [-0.39, 0.29) is 11.9 Å². The average molecular weight is 358 g/mol. The molecule has 132 valence electrons. The van der Waals surface area contributed by atoms with Crippen molar-refractivity contribution in [2.45, 2.75) is 32.7 Å². The summed E-state index contributed by atoms with van der Waals surface area (Å²) in [7, 11) is 0. The molecule has 2 aromatic rings. The summed E-state index contributed by atoms with van der Waals surface area (Å²) in [5.41, 5.74) is 3.58. The smallest absolute Gasteiger partial charge is 0.251 e. The monoisotopic (exact) mass is 357 g/mol.